The fourth-order valence-corrected chi connectivity index (χ4v) is 3.77. The van der Waals surface area contributed by atoms with Crippen LogP contribution in [-0.2, 0) is 5.75 Å². The third-order valence-corrected chi connectivity index (χ3v) is 4.81. The van der Waals surface area contributed by atoms with E-state index in [0.717, 1.165) is 11.5 Å². The largest absolute Gasteiger partial charge is 0.303 e. The summed E-state index contributed by atoms with van der Waals surface area (Å²) in [5.74, 6) is 2.31. The molecule has 0 spiro atoms. The molecular formula is C17H19NS. The molecule has 19 heavy (non-hydrogen) atoms. The van der Waals surface area contributed by atoms with Crippen molar-refractivity contribution in [3.8, 4) is 0 Å². The molecule has 0 aliphatic carbocycles. The highest BCUT2D eigenvalue weighted by Gasteiger charge is 2.21. The molecule has 2 atom stereocenters. The first-order valence-corrected chi connectivity index (χ1v) is 7.96. The van der Waals surface area contributed by atoms with Crippen molar-refractivity contribution < 1.29 is 0 Å². The Hall–Kier alpha value is -1.25. The minimum absolute atomic E-state index is 0.387. The molecule has 1 unspecified atom stereocenters. The molecule has 0 aromatic heterocycles. The van der Waals surface area contributed by atoms with Gasteiger partial charge in [-0.15, -0.1) is 0 Å². The molecule has 2 aromatic rings. The van der Waals surface area contributed by atoms with Gasteiger partial charge in [-0.1, -0.05) is 54.6 Å². The number of hydrogen-bond acceptors (Lipinski definition) is 2. The first-order chi connectivity index (χ1) is 9.34. The zero-order valence-electron chi connectivity index (χ0n) is 11.2. The summed E-state index contributed by atoms with van der Waals surface area (Å²) in [6.45, 7) is 2.25. The van der Waals surface area contributed by atoms with Gasteiger partial charge >= 0.3 is 0 Å². The summed E-state index contributed by atoms with van der Waals surface area (Å²) < 4.78 is 0. The third kappa shape index (κ3) is 2.85. The Morgan fingerprint density at radius 2 is 1.79 bits per heavy atom. The molecule has 0 saturated heterocycles. The van der Waals surface area contributed by atoms with Crippen molar-refractivity contribution in [3.05, 3.63) is 71.3 Å². The zero-order chi connectivity index (χ0) is 13.1. The van der Waals surface area contributed by atoms with Gasteiger partial charge in [0.25, 0.3) is 0 Å². The molecule has 2 aromatic carbocycles. The van der Waals surface area contributed by atoms with Crippen LogP contribution in [0.25, 0.3) is 0 Å². The molecule has 1 heterocycles. The van der Waals surface area contributed by atoms with Gasteiger partial charge < -0.3 is 5.32 Å². The lowest BCUT2D eigenvalue weighted by atomic mass is 10.00. The fourth-order valence-electron chi connectivity index (χ4n) is 2.66. The average molecular weight is 269 g/mol. The van der Waals surface area contributed by atoms with Crippen LogP contribution < -0.4 is 5.32 Å². The number of nitrogens with one attached hydrogen (secondary N) is 1. The first-order valence-electron chi connectivity index (χ1n) is 6.81. The molecule has 2 heteroatoms. The second-order valence-electron chi connectivity index (χ2n) is 5.07. The summed E-state index contributed by atoms with van der Waals surface area (Å²) in [6, 6.07) is 20.3. The lowest BCUT2D eigenvalue weighted by molar-refractivity contribution is 0.496. The first kappa shape index (κ1) is 12.8. The highest BCUT2D eigenvalue weighted by atomic mass is 32.2. The fraction of sp³-hybridized carbons (Fsp3) is 0.294. The minimum atomic E-state index is 0.387. The van der Waals surface area contributed by atoms with Crippen molar-refractivity contribution in [2.45, 2.75) is 24.8 Å². The van der Waals surface area contributed by atoms with Crippen LogP contribution in [0.2, 0.25) is 0 Å². The second-order valence-corrected chi connectivity index (χ2v) is 6.10. The standard InChI is InChI=1S/C17H19NS/c1-13(14-7-3-2-4-8-14)18-17-12-19-11-15-9-5-6-10-16(15)17/h2-10,13,17-18H,11-12H2,1H3/t13-,17?/m1/s1. The molecule has 0 saturated carbocycles. The van der Waals surface area contributed by atoms with Gasteiger partial charge in [0.2, 0.25) is 0 Å². The van der Waals surface area contributed by atoms with Crippen LogP contribution in [0.4, 0.5) is 0 Å². The molecular weight excluding hydrogens is 250 g/mol. The summed E-state index contributed by atoms with van der Waals surface area (Å²) >= 11 is 2.02. The molecule has 98 valence electrons. The van der Waals surface area contributed by atoms with Crippen LogP contribution in [-0.4, -0.2) is 5.75 Å². The number of thioether (sulfide) groups is 1. The second kappa shape index (κ2) is 5.81. The molecule has 3 rings (SSSR count). The number of hydrogen-bond donors (Lipinski definition) is 1. The van der Waals surface area contributed by atoms with Crippen LogP contribution in [0.3, 0.4) is 0 Å². The van der Waals surface area contributed by atoms with Crippen molar-refractivity contribution in [3.63, 3.8) is 0 Å². The quantitative estimate of drug-likeness (QED) is 0.890. The summed E-state index contributed by atoms with van der Waals surface area (Å²) in [6.07, 6.45) is 0. The van der Waals surface area contributed by atoms with Crippen molar-refractivity contribution in [1.29, 1.82) is 0 Å². The normalized spacial score (nSPS) is 19.7. The maximum absolute atomic E-state index is 3.77. The molecule has 0 fully saturated rings. The van der Waals surface area contributed by atoms with Crippen LogP contribution >= 0.6 is 11.8 Å². The maximum atomic E-state index is 3.77. The van der Waals surface area contributed by atoms with E-state index >= 15 is 0 Å². The van der Waals surface area contributed by atoms with Gasteiger partial charge in [-0.3, -0.25) is 0 Å². The molecule has 0 bridgehead atoms. The van der Waals surface area contributed by atoms with Gasteiger partial charge in [-0.05, 0) is 23.6 Å². The van der Waals surface area contributed by atoms with Gasteiger partial charge in [0.15, 0.2) is 0 Å². The monoisotopic (exact) mass is 269 g/mol. The van der Waals surface area contributed by atoms with Gasteiger partial charge in [0, 0.05) is 23.6 Å². The van der Waals surface area contributed by atoms with Crippen LogP contribution in [0.1, 0.15) is 35.7 Å². The van der Waals surface area contributed by atoms with E-state index < -0.39 is 0 Å². The lowest BCUT2D eigenvalue weighted by Gasteiger charge is -2.29. The molecule has 0 radical (unpaired) electrons. The number of fused-ring (bicyclic) bond motifs is 1. The van der Waals surface area contributed by atoms with Crippen molar-refractivity contribution in [2.75, 3.05) is 5.75 Å². The van der Waals surface area contributed by atoms with E-state index in [0.29, 0.717) is 12.1 Å². The number of rotatable bonds is 3. The summed E-state index contributed by atoms with van der Waals surface area (Å²) in [5, 5.41) is 3.77. The van der Waals surface area contributed by atoms with E-state index in [2.05, 4.69) is 66.8 Å². The third-order valence-electron chi connectivity index (χ3n) is 3.72. The summed E-state index contributed by atoms with van der Waals surface area (Å²) in [4.78, 5) is 0. The smallest absolute Gasteiger partial charge is 0.0419 e. The molecule has 1 aliphatic rings. The van der Waals surface area contributed by atoms with E-state index in [1.165, 1.54) is 16.7 Å². The average Bonchev–Trinajstić information content (AvgIpc) is 2.48. The zero-order valence-corrected chi connectivity index (χ0v) is 12.0. The van der Waals surface area contributed by atoms with E-state index in [9.17, 15) is 0 Å². The Morgan fingerprint density at radius 3 is 2.63 bits per heavy atom. The summed E-state index contributed by atoms with van der Waals surface area (Å²) in [5.41, 5.74) is 4.32. The van der Waals surface area contributed by atoms with Gasteiger partial charge in [-0.2, -0.15) is 11.8 Å². The van der Waals surface area contributed by atoms with Crippen LogP contribution in [0.15, 0.2) is 54.6 Å². The maximum Gasteiger partial charge on any atom is 0.0419 e. The van der Waals surface area contributed by atoms with Crippen LogP contribution in [0.5, 0.6) is 0 Å². The van der Waals surface area contributed by atoms with E-state index in [4.69, 9.17) is 0 Å². The van der Waals surface area contributed by atoms with Crippen molar-refractivity contribution in [2.24, 2.45) is 0 Å². The molecule has 1 N–H and O–H groups in total. The Bertz CT molecular complexity index is 538. The Kier molecular flexibility index (Phi) is 3.90. The van der Waals surface area contributed by atoms with Gasteiger partial charge in [0.05, 0.1) is 0 Å². The molecule has 1 aliphatic heterocycles. The van der Waals surface area contributed by atoms with E-state index in [1.54, 1.807) is 0 Å². The van der Waals surface area contributed by atoms with Gasteiger partial charge in [0.1, 0.15) is 0 Å². The van der Waals surface area contributed by atoms with Crippen molar-refractivity contribution >= 4 is 11.8 Å². The van der Waals surface area contributed by atoms with E-state index in [-0.39, 0.29) is 0 Å². The molecule has 1 nitrogen and oxygen atoms in total. The Labute approximate surface area is 119 Å². The topological polar surface area (TPSA) is 12.0 Å². The SMILES string of the molecule is C[C@@H](NC1CSCc2ccccc21)c1ccccc1. The van der Waals surface area contributed by atoms with E-state index in [1.807, 2.05) is 11.8 Å². The number of benzene rings is 2. The molecule has 0 amide bonds. The van der Waals surface area contributed by atoms with Crippen molar-refractivity contribution in [1.82, 2.24) is 5.32 Å². The lowest BCUT2D eigenvalue weighted by Crippen LogP contribution is -2.29. The predicted octanol–water partition coefficient (Wildman–Crippen LogP) is 4.33. The van der Waals surface area contributed by atoms with Gasteiger partial charge in [-0.25, -0.2) is 0 Å². The minimum Gasteiger partial charge on any atom is -0.303 e. The summed E-state index contributed by atoms with van der Waals surface area (Å²) in [7, 11) is 0. The Balaban J connectivity index is 1.78. The highest BCUT2D eigenvalue weighted by molar-refractivity contribution is 7.98. The highest BCUT2D eigenvalue weighted by Crippen LogP contribution is 2.32. The predicted molar refractivity (Wildman–Crippen MR) is 83.3 cm³/mol. The van der Waals surface area contributed by atoms with Crippen LogP contribution in [0, 0.1) is 0 Å². The Morgan fingerprint density at radius 1 is 1.05 bits per heavy atom.